The third-order valence-corrected chi connectivity index (χ3v) is 4.44. The van der Waals surface area contributed by atoms with Crippen molar-refractivity contribution < 1.29 is 9.59 Å². The number of nitrogens with two attached hydrogens (primary N) is 2. The summed E-state index contributed by atoms with van der Waals surface area (Å²) < 4.78 is 0. The second kappa shape index (κ2) is 16.5. The minimum atomic E-state index is -0.729. The van der Waals surface area contributed by atoms with Crippen LogP contribution in [-0.2, 0) is 9.59 Å². The number of allylic oxidation sites excluding steroid dienone is 1. The first kappa shape index (κ1) is 22.7. The normalized spacial score (nSPS) is 10.5. The zero-order chi connectivity index (χ0) is 18.0. The maximum absolute atomic E-state index is 11.0. The van der Waals surface area contributed by atoms with Gasteiger partial charge in [-0.1, -0.05) is 96.5 Å². The number of rotatable bonds is 17. The Morgan fingerprint density at radius 1 is 0.625 bits per heavy atom. The molecule has 140 valence electrons. The van der Waals surface area contributed by atoms with Crippen LogP contribution in [0.15, 0.2) is 11.6 Å². The van der Waals surface area contributed by atoms with Gasteiger partial charge in [-0.25, -0.2) is 0 Å². The average Bonchev–Trinajstić information content (AvgIpc) is 2.53. The first-order valence-electron chi connectivity index (χ1n) is 9.89. The molecule has 0 bridgehead atoms. The second-order valence-electron chi connectivity index (χ2n) is 6.73. The van der Waals surface area contributed by atoms with Gasteiger partial charge in [-0.15, -0.1) is 0 Å². The highest BCUT2D eigenvalue weighted by Gasteiger charge is 2.10. The zero-order valence-electron chi connectivity index (χ0n) is 15.7. The van der Waals surface area contributed by atoms with Crippen LogP contribution in [0.2, 0.25) is 0 Å². The van der Waals surface area contributed by atoms with Crippen LogP contribution in [0.4, 0.5) is 0 Å². The third-order valence-electron chi connectivity index (χ3n) is 4.44. The fraction of sp³-hybridized carbons (Fsp3) is 0.800. The van der Waals surface area contributed by atoms with Crippen molar-refractivity contribution in [2.24, 2.45) is 11.5 Å². The summed E-state index contributed by atoms with van der Waals surface area (Å²) in [6.45, 7) is 2.26. The fourth-order valence-corrected chi connectivity index (χ4v) is 2.91. The summed E-state index contributed by atoms with van der Waals surface area (Å²) >= 11 is 0. The summed E-state index contributed by atoms with van der Waals surface area (Å²) in [4.78, 5) is 21.9. The lowest BCUT2D eigenvalue weighted by molar-refractivity contribution is -0.120. The second-order valence-corrected chi connectivity index (χ2v) is 6.73. The van der Waals surface area contributed by atoms with E-state index in [1.165, 1.54) is 77.0 Å². The molecular formula is C20H38N2O2. The molecule has 0 atom stereocenters. The molecule has 0 rings (SSSR count). The van der Waals surface area contributed by atoms with Crippen LogP contribution in [-0.4, -0.2) is 11.8 Å². The summed E-state index contributed by atoms with van der Waals surface area (Å²) in [7, 11) is 0. The maximum atomic E-state index is 11.0. The summed E-state index contributed by atoms with van der Waals surface area (Å²) in [6, 6.07) is 0. The molecule has 0 aliphatic heterocycles. The third kappa shape index (κ3) is 14.3. The number of hydrogen-bond donors (Lipinski definition) is 2. The van der Waals surface area contributed by atoms with E-state index in [9.17, 15) is 9.59 Å². The molecule has 0 radical (unpaired) electrons. The van der Waals surface area contributed by atoms with E-state index in [4.69, 9.17) is 11.5 Å². The van der Waals surface area contributed by atoms with Crippen LogP contribution in [0, 0.1) is 0 Å². The predicted molar refractivity (Wildman–Crippen MR) is 101 cm³/mol. The number of hydrogen-bond acceptors (Lipinski definition) is 2. The van der Waals surface area contributed by atoms with Gasteiger partial charge in [-0.05, 0) is 12.8 Å². The molecule has 0 aliphatic rings. The summed E-state index contributed by atoms with van der Waals surface area (Å²) in [5.41, 5.74) is 10.1. The molecule has 24 heavy (non-hydrogen) atoms. The number of carbonyl (C=O) groups excluding carboxylic acids is 2. The first-order chi connectivity index (χ1) is 11.6. The average molecular weight is 339 g/mol. The molecule has 0 heterocycles. The van der Waals surface area contributed by atoms with Gasteiger partial charge in [-0.2, -0.15) is 0 Å². The monoisotopic (exact) mass is 338 g/mol. The topological polar surface area (TPSA) is 86.2 Å². The van der Waals surface area contributed by atoms with Gasteiger partial charge in [0, 0.05) is 0 Å². The van der Waals surface area contributed by atoms with Crippen molar-refractivity contribution in [3.8, 4) is 0 Å². The minimum absolute atomic E-state index is 0.0651. The molecule has 2 amide bonds. The highest BCUT2D eigenvalue weighted by Crippen LogP contribution is 2.13. The standard InChI is InChI=1S/C20H38N2O2/c1-2-3-4-5-6-7-8-9-10-11-12-13-14-15-16-17-18(19(21)23)20(22)24/h17H,2-16H2,1H3,(H2,21,23)(H2,22,24). The lowest BCUT2D eigenvalue weighted by atomic mass is 10.0. The van der Waals surface area contributed by atoms with Gasteiger partial charge in [0.15, 0.2) is 0 Å². The van der Waals surface area contributed by atoms with Gasteiger partial charge < -0.3 is 11.5 Å². The van der Waals surface area contributed by atoms with Crippen LogP contribution in [0.25, 0.3) is 0 Å². The lowest BCUT2D eigenvalue weighted by Gasteiger charge is -2.03. The van der Waals surface area contributed by atoms with Gasteiger partial charge in [0.25, 0.3) is 11.8 Å². The van der Waals surface area contributed by atoms with Gasteiger partial charge in [0.2, 0.25) is 0 Å². The Labute approximate surface area is 148 Å². The fourth-order valence-electron chi connectivity index (χ4n) is 2.91. The van der Waals surface area contributed by atoms with Crippen LogP contribution in [0.1, 0.15) is 103 Å². The molecule has 0 aromatic carbocycles. The molecular weight excluding hydrogens is 300 g/mol. The predicted octanol–water partition coefficient (Wildman–Crippen LogP) is 4.75. The molecule has 0 saturated carbocycles. The van der Waals surface area contributed by atoms with Crippen molar-refractivity contribution in [3.63, 3.8) is 0 Å². The van der Waals surface area contributed by atoms with E-state index >= 15 is 0 Å². The SMILES string of the molecule is CCCCCCCCCCCCCCCCC=C(C(N)=O)C(N)=O. The number of carbonyl (C=O) groups is 2. The van der Waals surface area contributed by atoms with E-state index in [1.807, 2.05) is 0 Å². The van der Waals surface area contributed by atoms with Crippen LogP contribution in [0.5, 0.6) is 0 Å². The summed E-state index contributed by atoms with van der Waals surface area (Å²) in [5.74, 6) is -1.46. The lowest BCUT2D eigenvalue weighted by Crippen LogP contribution is -2.26. The quantitative estimate of drug-likeness (QED) is 0.173. The van der Waals surface area contributed by atoms with Crippen LogP contribution < -0.4 is 11.5 Å². The molecule has 4 nitrogen and oxygen atoms in total. The molecule has 0 aromatic heterocycles. The highest BCUT2D eigenvalue weighted by atomic mass is 16.2. The molecule has 0 fully saturated rings. The first-order valence-corrected chi connectivity index (χ1v) is 9.89. The Balaban J connectivity index is 3.32. The van der Waals surface area contributed by atoms with Gasteiger partial charge in [0.1, 0.15) is 0 Å². The number of primary amides is 2. The van der Waals surface area contributed by atoms with E-state index in [2.05, 4.69) is 6.92 Å². The maximum Gasteiger partial charge on any atom is 0.253 e. The van der Waals surface area contributed by atoms with Crippen LogP contribution >= 0.6 is 0 Å². The Bertz CT molecular complexity index is 349. The van der Waals surface area contributed by atoms with Crippen LogP contribution in [0.3, 0.4) is 0 Å². The highest BCUT2D eigenvalue weighted by molar-refractivity contribution is 6.17. The Kier molecular flexibility index (Phi) is 15.6. The summed E-state index contributed by atoms with van der Waals surface area (Å²) in [5, 5.41) is 0. The zero-order valence-corrected chi connectivity index (χ0v) is 15.7. The van der Waals surface area contributed by atoms with E-state index in [-0.39, 0.29) is 5.57 Å². The molecule has 0 aliphatic carbocycles. The molecule has 0 unspecified atom stereocenters. The Morgan fingerprint density at radius 2 is 0.958 bits per heavy atom. The van der Waals surface area contributed by atoms with E-state index < -0.39 is 11.8 Å². The minimum Gasteiger partial charge on any atom is -0.365 e. The van der Waals surface area contributed by atoms with E-state index in [1.54, 1.807) is 6.08 Å². The van der Waals surface area contributed by atoms with E-state index in [0.717, 1.165) is 12.8 Å². The van der Waals surface area contributed by atoms with Gasteiger partial charge >= 0.3 is 0 Å². The molecule has 0 saturated heterocycles. The smallest absolute Gasteiger partial charge is 0.253 e. The summed E-state index contributed by atoms with van der Waals surface area (Å²) in [6.07, 6.45) is 20.6. The van der Waals surface area contributed by atoms with Crippen molar-refractivity contribution in [2.75, 3.05) is 0 Å². The number of unbranched alkanes of at least 4 members (excludes halogenated alkanes) is 14. The van der Waals surface area contributed by atoms with Gasteiger partial charge in [-0.3, -0.25) is 9.59 Å². The molecule has 4 heteroatoms. The van der Waals surface area contributed by atoms with Crippen molar-refractivity contribution in [1.29, 1.82) is 0 Å². The number of amides is 2. The van der Waals surface area contributed by atoms with Gasteiger partial charge in [0.05, 0.1) is 5.57 Å². The van der Waals surface area contributed by atoms with E-state index in [0.29, 0.717) is 6.42 Å². The van der Waals surface area contributed by atoms with Crippen molar-refractivity contribution in [2.45, 2.75) is 103 Å². The van der Waals surface area contributed by atoms with Crippen molar-refractivity contribution in [3.05, 3.63) is 11.6 Å². The molecule has 4 N–H and O–H groups in total. The Morgan fingerprint density at radius 3 is 1.29 bits per heavy atom. The van der Waals surface area contributed by atoms with Crippen molar-refractivity contribution >= 4 is 11.8 Å². The largest absolute Gasteiger partial charge is 0.365 e. The van der Waals surface area contributed by atoms with Crippen molar-refractivity contribution in [1.82, 2.24) is 0 Å². The molecule has 0 spiro atoms. The molecule has 0 aromatic rings. The Hall–Kier alpha value is -1.32.